The summed E-state index contributed by atoms with van der Waals surface area (Å²) < 4.78 is 71.4. The molecule has 0 radical (unpaired) electrons. The van der Waals surface area contributed by atoms with Crippen LogP contribution in [0.15, 0.2) is 23.1 Å². The van der Waals surface area contributed by atoms with E-state index in [0.29, 0.717) is 25.8 Å². The number of benzene rings is 1. The Balaban J connectivity index is 1.61. The highest BCUT2D eigenvalue weighted by atomic mass is 35.5. The van der Waals surface area contributed by atoms with Crippen molar-refractivity contribution in [1.29, 1.82) is 0 Å². The number of ether oxygens (including phenoxy) is 1. The van der Waals surface area contributed by atoms with E-state index in [0.717, 1.165) is 57.3 Å². The van der Waals surface area contributed by atoms with E-state index < -0.39 is 44.1 Å². The number of carbonyl (C=O) groups is 1. The number of halogens is 4. The van der Waals surface area contributed by atoms with Crippen molar-refractivity contribution in [2.45, 2.75) is 48.7 Å². The van der Waals surface area contributed by atoms with Crippen molar-refractivity contribution in [3.05, 3.63) is 28.8 Å². The molecule has 1 aliphatic heterocycles. The lowest BCUT2D eigenvalue weighted by atomic mass is 9.79. The van der Waals surface area contributed by atoms with Crippen molar-refractivity contribution in [2.24, 2.45) is 0 Å². The molecule has 3 rings (SSSR count). The molecule has 2 N–H and O–H groups in total. The van der Waals surface area contributed by atoms with Crippen molar-refractivity contribution in [3.63, 3.8) is 0 Å². The fourth-order valence-corrected chi connectivity index (χ4v) is 5.54. The van der Waals surface area contributed by atoms with Crippen LogP contribution < -0.4 is 10.0 Å². The van der Waals surface area contributed by atoms with Crippen LogP contribution in [0, 0.1) is 0 Å². The summed E-state index contributed by atoms with van der Waals surface area (Å²) in [6, 6.07) is 2.29. The van der Waals surface area contributed by atoms with E-state index in [2.05, 4.69) is 14.9 Å². The van der Waals surface area contributed by atoms with Crippen LogP contribution in [0.4, 0.5) is 13.2 Å². The Bertz CT molecular complexity index is 915. The SMILES string of the molecule is O=C(CNS(=O)(=O)c1ccc(Cl)c(C(F)(F)F)c1)NCC1(N2CCOCC2)CCCCC1. The molecule has 1 amide bonds. The molecule has 12 heteroatoms. The second-order valence-electron chi connectivity index (χ2n) is 8.13. The molecule has 0 bridgehead atoms. The molecule has 1 saturated heterocycles. The van der Waals surface area contributed by atoms with Gasteiger partial charge in [-0.1, -0.05) is 30.9 Å². The maximum atomic E-state index is 13.0. The topological polar surface area (TPSA) is 87.7 Å². The lowest BCUT2D eigenvalue weighted by molar-refractivity contribution is -0.137. The van der Waals surface area contributed by atoms with Crippen LogP contribution in [0.2, 0.25) is 5.02 Å². The number of sulfonamides is 1. The predicted molar refractivity (Wildman–Crippen MR) is 113 cm³/mol. The third kappa shape index (κ3) is 6.13. The smallest absolute Gasteiger partial charge is 0.379 e. The third-order valence-corrected chi connectivity index (χ3v) is 7.79. The van der Waals surface area contributed by atoms with E-state index >= 15 is 0 Å². The quantitative estimate of drug-likeness (QED) is 0.605. The van der Waals surface area contributed by atoms with Gasteiger partial charge in [-0.2, -0.15) is 13.2 Å². The Labute approximate surface area is 190 Å². The summed E-state index contributed by atoms with van der Waals surface area (Å²) in [7, 11) is -4.33. The number of nitrogens with zero attached hydrogens (tertiary/aromatic N) is 1. The monoisotopic (exact) mass is 497 g/mol. The number of rotatable bonds is 7. The molecule has 1 saturated carbocycles. The third-order valence-electron chi connectivity index (χ3n) is 6.06. The molecule has 0 spiro atoms. The van der Waals surface area contributed by atoms with E-state index in [-0.39, 0.29) is 5.54 Å². The summed E-state index contributed by atoms with van der Waals surface area (Å²) in [4.78, 5) is 14.1. The fraction of sp³-hybridized carbons (Fsp3) is 0.650. The van der Waals surface area contributed by atoms with E-state index in [1.807, 2.05) is 0 Å². The van der Waals surface area contributed by atoms with Gasteiger partial charge in [-0.3, -0.25) is 9.69 Å². The highest BCUT2D eigenvalue weighted by Gasteiger charge is 2.39. The van der Waals surface area contributed by atoms with Crippen molar-refractivity contribution >= 4 is 27.5 Å². The van der Waals surface area contributed by atoms with Gasteiger partial charge >= 0.3 is 6.18 Å². The number of alkyl halides is 3. The molecule has 0 unspecified atom stereocenters. The molecular formula is C20H27ClF3N3O4S. The Kier molecular flexibility index (Phi) is 8.08. The number of carbonyl (C=O) groups excluding carboxylic acids is 1. The first-order valence-electron chi connectivity index (χ1n) is 10.5. The lowest BCUT2D eigenvalue weighted by Gasteiger charge is -2.48. The van der Waals surface area contributed by atoms with E-state index in [1.165, 1.54) is 0 Å². The first kappa shape index (κ1) is 25.2. The molecule has 1 aliphatic carbocycles. The van der Waals surface area contributed by atoms with Crippen LogP contribution in [-0.4, -0.2) is 64.2 Å². The van der Waals surface area contributed by atoms with Gasteiger partial charge in [0.15, 0.2) is 0 Å². The molecule has 180 valence electrons. The van der Waals surface area contributed by atoms with Crippen LogP contribution in [0.5, 0.6) is 0 Å². The summed E-state index contributed by atoms with van der Waals surface area (Å²) in [6.07, 6.45) is 0.318. The molecule has 1 aromatic carbocycles. The molecule has 1 aromatic rings. The van der Waals surface area contributed by atoms with Crippen LogP contribution in [0.1, 0.15) is 37.7 Å². The van der Waals surface area contributed by atoms with Gasteiger partial charge < -0.3 is 10.1 Å². The number of hydrogen-bond acceptors (Lipinski definition) is 5. The standard InChI is InChI=1S/C20H27ClF3N3O4S/c21-17-5-4-15(12-16(17)20(22,23)24)32(29,30)26-13-18(28)25-14-19(6-2-1-3-7-19)27-8-10-31-11-9-27/h4-5,12,26H,1-3,6-11,13-14H2,(H,25,28). The average Bonchev–Trinajstić information content (AvgIpc) is 2.77. The van der Waals surface area contributed by atoms with Gasteiger partial charge in [-0.05, 0) is 31.0 Å². The molecule has 2 aliphatic rings. The minimum atomic E-state index is -4.80. The Hall–Kier alpha value is -1.40. The van der Waals surface area contributed by atoms with Crippen molar-refractivity contribution < 1.29 is 31.1 Å². The first-order chi connectivity index (χ1) is 15.0. The molecule has 1 heterocycles. The predicted octanol–water partition coefficient (Wildman–Crippen LogP) is 2.79. The minimum Gasteiger partial charge on any atom is -0.379 e. The highest BCUT2D eigenvalue weighted by Crippen LogP contribution is 2.36. The lowest BCUT2D eigenvalue weighted by Crippen LogP contribution is -2.60. The minimum absolute atomic E-state index is 0.186. The Morgan fingerprint density at radius 2 is 1.81 bits per heavy atom. The molecular weight excluding hydrogens is 471 g/mol. The normalized spacial score (nSPS) is 20.1. The zero-order valence-electron chi connectivity index (χ0n) is 17.5. The van der Waals surface area contributed by atoms with Gasteiger partial charge in [0.25, 0.3) is 0 Å². The number of hydrogen-bond donors (Lipinski definition) is 2. The van der Waals surface area contributed by atoms with Gasteiger partial charge in [0.2, 0.25) is 15.9 Å². The number of nitrogens with one attached hydrogen (secondary N) is 2. The van der Waals surface area contributed by atoms with Crippen molar-refractivity contribution in [1.82, 2.24) is 14.9 Å². The Morgan fingerprint density at radius 1 is 1.16 bits per heavy atom. The number of amides is 1. The van der Waals surface area contributed by atoms with Gasteiger partial charge in [0.05, 0.1) is 35.2 Å². The molecule has 2 fully saturated rings. The van der Waals surface area contributed by atoms with Crippen LogP contribution in [-0.2, 0) is 25.7 Å². The van der Waals surface area contributed by atoms with E-state index in [9.17, 15) is 26.4 Å². The zero-order valence-corrected chi connectivity index (χ0v) is 19.1. The maximum absolute atomic E-state index is 13.0. The fourth-order valence-electron chi connectivity index (χ4n) is 4.31. The maximum Gasteiger partial charge on any atom is 0.417 e. The molecule has 0 atom stereocenters. The van der Waals surface area contributed by atoms with Crippen LogP contribution in [0.25, 0.3) is 0 Å². The summed E-state index contributed by atoms with van der Waals surface area (Å²) >= 11 is 5.54. The average molecular weight is 498 g/mol. The van der Waals surface area contributed by atoms with E-state index in [4.69, 9.17) is 16.3 Å². The second-order valence-corrected chi connectivity index (χ2v) is 10.3. The number of morpholine rings is 1. The highest BCUT2D eigenvalue weighted by molar-refractivity contribution is 7.89. The summed E-state index contributed by atoms with van der Waals surface area (Å²) in [6.45, 7) is 2.63. The van der Waals surface area contributed by atoms with Gasteiger partial charge in [0, 0.05) is 25.2 Å². The van der Waals surface area contributed by atoms with Crippen LogP contribution >= 0.6 is 11.6 Å². The van der Waals surface area contributed by atoms with Gasteiger partial charge in [-0.25, -0.2) is 13.1 Å². The van der Waals surface area contributed by atoms with Crippen molar-refractivity contribution in [3.8, 4) is 0 Å². The van der Waals surface area contributed by atoms with Crippen LogP contribution in [0.3, 0.4) is 0 Å². The van der Waals surface area contributed by atoms with Gasteiger partial charge in [-0.15, -0.1) is 0 Å². The largest absolute Gasteiger partial charge is 0.417 e. The summed E-state index contributed by atoms with van der Waals surface area (Å²) in [5, 5.41) is 2.21. The van der Waals surface area contributed by atoms with Crippen molar-refractivity contribution in [2.75, 3.05) is 39.4 Å². The van der Waals surface area contributed by atoms with Gasteiger partial charge in [0.1, 0.15) is 0 Å². The Morgan fingerprint density at radius 3 is 2.44 bits per heavy atom. The van der Waals surface area contributed by atoms with E-state index in [1.54, 1.807) is 0 Å². The zero-order chi connectivity index (χ0) is 23.4. The molecule has 0 aromatic heterocycles. The summed E-state index contributed by atoms with van der Waals surface area (Å²) in [5.41, 5.74) is -1.44. The second kappa shape index (κ2) is 10.3. The summed E-state index contributed by atoms with van der Waals surface area (Å²) in [5.74, 6) is -0.545. The molecule has 32 heavy (non-hydrogen) atoms. The first-order valence-corrected chi connectivity index (χ1v) is 12.4. The molecule has 7 nitrogen and oxygen atoms in total.